The third-order valence-corrected chi connectivity index (χ3v) is 9.36. The molecule has 2 amide bonds. The molecule has 2 aromatic heterocycles. The van der Waals surface area contributed by atoms with Crippen LogP contribution >= 0.6 is 11.6 Å². The summed E-state index contributed by atoms with van der Waals surface area (Å²) in [5.74, 6) is -0.151. The Kier molecular flexibility index (Phi) is 9.43. The number of fused-ring (bicyclic) bond motifs is 1. The van der Waals surface area contributed by atoms with Crippen molar-refractivity contribution in [3.8, 4) is 6.07 Å². The normalized spacial score (nSPS) is 19.6. The van der Waals surface area contributed by atoms with Gasteiger partial charge in [-0.15, -0.1) is 0 Å². The number of piperidine rings is 1. The molecule has 4 heterocycles. The molecule has 6 rings (SSSR count). The van der Waals surface area contributed by atoms with Crippen molar-refractivity contribution >= 4 is 50.8 Å². The summed E-state index contributed by atoms with van der Waals surface area (Å²) < 4.78 is 33.5. The number of ether oxygens (including phenoxy) is 1. The van der Waals surface area contributed by atoms with E-state index >= 15 is 0 Å². The lowest BCUT2D eigenvalue weighted by Gasteiger charge is -2.35. The van der Waals surface area contributed by atoms with Gasteiger partial charge in [0, 0.05) is 42.5 Å². The van der Waals surface area contributed by atoms with Crippen molar-refractivity contribution in [1.82, 2.24) is 24.8 Å². The lowest BCUT2D eigenvalue weighted by molar-refractivity contribution is 0.0606. The van der Waals surface area contributed by atoms with Gasteiger partial charge in [0.15, 0.2) is 5.65 Å². The first-order chi connectivity index (χ1) is 23.0. The van der Waals surface area contributed by atoms with Crippen LogP contribution in [0.3, 0.4) is 0 Å². The van der Waals surface area contributed by atoms with Gasteiger partial charge in [0.25, 0.3) is 5.91 Å². The minimum atomic E-state index is -3.64. The van der Waals surface area contributed by atoms with Gasteiger partial charge in [-0.2, -0.15) is 10.4 Å². The zero-order valence-corrected chi connectivity index (χ0v) is 28.0. The molecule has 0 bridgehead atoms. The van der Waals surface area contributed by atoms with Crippen molar-refractivity contribution in [3.05, 3.63) is 88.2 Å². The molecule has 2 N–H and O–H groups in total. The third-order valence-electron chi connectivity index (χ3n) is 8.54. The van der Waals surface area contributed by atoms with Gasteiger partial charge in [0.1, 0.15) is 12.4 Å². The maximum Gasteiger partial charge on any atom is 0.407 e. The van der Waals surface area contributed by atoms with Crippen molar-refractivity contribution in [3.63, 3.8) is 0 Å². The Morgan fingerprint density at radius 3 is 2.67 bits per heavy atom. The van der Waals surface area contributed by atoms with Crippen molar-refractivity contribution in [2.24, 2.45) is 5.92 Å². The topological polar surface area (TPSA) is 162 Å². The molecule has 2 aliphatic heterocycles. The fourth-order valence-electron chi connectivity index (χ4n) is 6.29. The van der Waals surface area contributed by atoms with Crippen molar-refractivity contribution in [2.45, 2.75) is 44.9 Å². The molecule has 2 aromatic carbocycles. The molecular weight excluding hydrogens is 656 g/mol. The number of nitrogens with zero attached hydrogens (tertiary/aromatic N) is 6. The van der Waals surface area contributed by atoms with Crippen molar-refractivity contribution < 1.29 is 22.7 Å². The first kappa shape index (κ1) is 33.0. The lowest BCUT2D eigenvalue weighted by Crippen LogP contribution is -2.40. The number of anilines is 2. The van der Waals surface area contributed by atoms with Crippen LogP contribution in [0.25, 0.3) is 5.65 Å². The summed E-state index contributed by atoms with van der Waals surface area (Å²) in [6.45, 7) is 3.25. The number of amides is 2. The Morgan fingerprint density at radius 1 is 1.12 bits per heavy atom. The summed E-state index contributed by atoms with van der Waals surface area (Å²) in [7, 11) is -3.64. The molecule has 0 radical (unpaired) electrons. The van der Waals surface area contributed by atoms with Gasteiger partial charge in [-0.25, -0.2) is 22.7 Å². The second kappa shape index (κ2) is 13.7. The number of rotatable bonds is 8. The number of carbonyl (C=O) groups excluding carboxylic acids is 2. The van der Waals surface area contributed by atoms with Crippen LogP contribution in [0.5, 0.6) is 0 Å². The van der Waals surface area contributed by atoms with E-state index in [1.54, 1.807) is 9.42 Å². The highest BCUT2D eigenvalue weighted by Crippen LogP contribution is 2.35. The first-order valence-electron chi connectivity index (χ1n) is 15.6. The monoisotopic (exact) mass is 690 g/mol. The van der Waals surface area contributed by atoms with Crippen molar-refractivity contribution in [1.29, 1.82) is 5.26 Å². The number of alkyl carbamates (subject to hydrolysis) is 1. The number of aryl methyl sites for hydroxylation is 1. The van der Waals surface area contributed by atoms with E-state index in [9.17, 15) is 23.3 Å². The highest BCUT2D eigenvalue weighted by atomic mass is 35.5. The molecule has 4 aromatic rings. The fraction of sp³-hybridized carbons (Fsp3) is 0.364. The molecule has 48 heavy (non-hydrogen) atoms. The third kappa shape index (κ3) is 7.32. The highest BCUT2D eigenvalue weighted by molar-refractivity contribution is 7.92. The number of likely N-dealkylation sites (tertiary alicyclic amines) is 1. The number of aromatic nitrogens is 3. The summed E-state index contributed by atoms with van der Waals surface area (Å²) in [6.07, 6.45) is 4.64. The minimum Gasteiger partial charge on any atom is -0.445 e. The SMILES string of the molecule is Cc1cn2nc(C3CCCCN3C(=O)c3cc(Cl)ccc3NS(C)(=O)=O)cc2nc1N1CC(C#N)C(NC(=O)OCc2ccccc2)C1. The van der Waals surface area contributed by atoms with E-state index in [1.165, 1.54) is 18.2 Å². The number of nitrogens with one attached hydrogen (secondary N) is 2. The lowest BCUT2D eigenvalue weighted by atomic mass is 9.98. The van der Waals surface area contributed by atoms with Crippen LogP contribution in [0.1, 0.15) is 52.5 Å². The van der Waals surface area contributed by atoms with Crippen LogP contribution in [-0.2, 0) is 21.4 Å². The first-order valence-corrected chi connectivity index (χ1v) is 17.8. The van der Waals surface area contributed by atoms with Crippen LogP contribution in [-0.4, -0.2) is 71.8 Å². The number of carbonyl (C=O) groups is 2. The van der Waals surface area contributed by atoms with E-state index < -0.39 is 28.1 Å². The molecule has 2 fully saturated rings. The zero-order chi connectivity index (χ0) is 34.0. The average molecular weight is 691 g/mol. The summed E-state index contributed by atoms with van der Waals surface area (Å²) >= 11 is 6.23. The highest BCUT2D eigenvalue weighted by Gasteiger charge is 2.36. The smallest absolute Gasteiger partial charge is 0.407 e. The fourth-order valence-corrected chi connectivity index (χ4v) is 7.04. The number of benzene rings is 2. The van der Waals surface area contributed by atoms with Crippen LogP contribution < -0.4 is 14.9 Å². The minimum absolute atomic E-state index is 0.128. The summed E-state index contributed by atoms with van der Waals surface area (Å²) in [5, 5.41) is 17.8. The second-order valence-corrected chi connectivity index (χ2v) is 14.3. The second-order valence-electron chi connectivity index (χ2n) is 12.1. The Hall–Kier alpha value is -4.87. The molecule has 250 valence electrons. The van der Waals surface area contributed by atoms with Gasteiger partial charge in [0.05, 0.1) is 47.3 Å². The van der Waals surface area contributed by atoms with Crippen LogP contribution in [0.15, 0.2) is 60.8 Å². The van der Waals surface area contributed by atoms with E-state index in [2.05, 4.69) is 16.1 Å². The molecule has 2 saturated heterocycles. The summed E-state index contributed by atoms with van der Waals surface area (Å²) in [5.41, 5.74) is 3.24. The van der Waals surface area contributed by atoms with Gasteiger partial charge in [-0.1, -0.05) is 41.9 Å². The van der Waals surface area contributed by atoms with Crippen LogP contribution in [0.2, 0.25) is 5.02 Å². The molecule has 0 saturated carbocycles. The molecule has 3 atom stereocenters. The number of hydrogen-bond donors (Lipinski definition) is 2. The van der Waals surface area contributed by atoms with Crippen molar-refractivity contribution in [2.75, 3.05) is 35.5 Å². The standard InChI is InChI=1S/C33H35ClN8O5S/c1-21-17-42-30(37-31(21)40-18-23(16-35)28(19-40)36-33(44)47-20-22-8-4-3-5-9-22)15-27(38-42)29-10-6-7-13-41(29)32(43)25-14-24(34)11-12-26(25)39-48(2,45)46/h3-5,8-9,11-12,14-15,17,23,28-29,39H,6-7,10,13,18-20H2,1-2H3,(H,36,44). The van der Waals surface area contributed by atoms with Gasteiger partial charge >= 0.3 is 6.09 Å². The van der Waals surface area contributed by atoms with Gasteiger partial charge in [-0.3, -0.25) is 9.52 Å². The molecule has 3 unspecified atom stereocenters. The van der Waals surface area contributed by atoms with Crippen LogP contribution in [0, 0.1) is 24.2 Å². The number of nitriles is 1. The van der Waals surface area contributed by atoms with Gasteiger partial charge in [0.2, 0.25) is 10.0 Å². The van der Waals surface area contributed by atoms with E-state index in [1.807, 2.05) is 54.4 Å². The quantitative estimate of drug-likeness (QED) is 0.267. The molecule has 13 nitrogen and oxygen atoms in total. The maximum absolute atomic E-state index is 13.9. The van der Waals surface area contributed by atoms with Gasteiger partial charge in [-0.05, 0) is 49.9 Å². The number of sulfonamides is 1. The van der Waals surface area contributed by atoms with E-state index in [4.69, 9.17) is 26.4 Å². The van der Waals surface area contributed by atoms with E-state index in [0.29, 0.717) is 48.2 Å². The number of halogens is 1. The predicted molar refractivity (Wildman–Crippen MR) is 180 cm³/mol. The van der Waals surface area contributed by atoms with E-state index in [-0.39, 0.29) is 29.8 Å². The van der Waals surface area contributed by atoms with E-state index in [0.717, 1.165) is 30.2 Å². The zero-order valence-electron chi connectivity index (χ0n) is 26.5. The maximum atomic E-state index is 13.9. The molecule has 2 aliphatic rings. The predicted octanol–water partition coefficient (Wildman–Crippen LogP) is 4.68. The van der Waals surface area contributed by atoms with Crippen LogP contribution in [0.4, 0.5) is 16.3 Å². The molecular formula is C33H35ClN8O5S. The summed E-state index contributed by atoms with van der Waals surface area (Å²) in [4.78, 5) is 35.1. The Bertz CT molecular complexity index is 2000. The number of hydrogen-bond acceptors (Lipinski definition) is 9. The molecule has 15 heteroatoms. The molecule has 0 spiro atoms. The Morgan fingerprint density at radius 2 is 1.92 bits per heavy atom. The Labute approximate surface area is 283 Å². The summed E-state index contributed by atoms with van der Waals surface area (Å²) in [6, 6.07) is 17.2. The largest absolute Gasteiger partial charge is 0.445 e. The average Bonchev–Trinajstić information content (AvgIpc) is 3.67. The Balaban J connectivity index is 1.21. The molecule has 0 aliphatic carbocycles. The van der Waals surface area contributed by atoms with Gasteiger partial charge < -0.3 is 19.9 Å².